The van der Waals surface area contributed by atoms with E-state index in [0.29, 0.717) is 0 Å². The quantitative estimate of drug-likeness (QED) is 0.403. The van der Waals surface area contributed by atoms with Crippen LogP contribution in [0, 0.1) is 5.92 Å². The Balaban J connectivity index is 3.40. The predicted octanol–water partition coefficient (Wildman–Crippen LogP) is 5.56. The summed E-state index contributed by atoms with van der Waals surface area (Å²) in [5, 5.41) is 0. The van der Waals surface area contributed by atoms with Gasteiger partial charge in [-0.15, -0.1) is 0 Å². The van der Waals surface area contributed by atoms with Crippen LogP contribution in [0.4, 0.5) is 0 Å². The Hall–Kier alpha value is 0. The highest BCUT2D eigenvalue weighted by atomic mass is 14.1. The van der Waals surface area contributed by atoms with Gasteiger partial charge < -0.3 is 0 Å². The number of rotatable bonds is 10. The molecule has 0 aliphatic heterocycles. The summed E-state index contributed by atoms with van der Waals surface area (Å²) in [5.41, 5.74) is 0. The van der Waals surface area contributed by atoms with Crippen LogP contribution in [0.3, 0.4) is 0 Å². The topological polar surface area (TPSA) is 0 Å². The van der Waals surface area contributed by atoms with Crippen LogP contribution >= 0.6 is 0 Å². The molecule has 0 saturated carbocycles. The molecule has 0 aromatic carbocycles. The van der Waals surface area contributed by atoms with Crippen LogP contribution in [0.1, 0.15) is 85.0 Å². The fourth-order valence-electron chi connectivity index (χ4n) is 2.19. The molecule has 0 heterocycles. The summed E-state index contributed by atoms with van der Waals surface area (Å²) < 4.78 is 0. The molecule has 0 bridgehead atoms. The van der Waals surface area contributed by atoms with Crippen molar-refractivity contribution in [2.75, 3.05) is 0 Å². The molecule has 14 heavy (non-hydrogen) atoms. The Labute approximate surface area is 91.5 Å². The van der Waals surface area contributed by atoms with Gasteiger partial charge in [-0.25, -0.2) is 0 Å². The molecule has 0 spiro atoms. The first-order valence-electron chi connectivity index (χ1n) is 6.85. The molecule has 0 radical (unpaired) electrons. The first-order chi connectivity index (χ1) is 6.85. The van der Waals surface area contributed by atoms with Crippen molar-refractivity contribution in [3.8, 4) is 0 Å². The van der Waals surface area contributed by atoms with E-state index in [1.807, 2.05) is 0 Å². The minimum absolute atomic E-state index is 1.04. The Bertz CT molecular complexity index is 96.2. The second kappa shape index (κ2) is 11.1. The van der Waals surface area contributed by atoms with Gasteiger partial charge in [0.15, 0.2) is 0 Å². The summed E-state index contributed by atoms with van der Waals surface area (Å²) in [5.74, 6) is 1.04. The monoisotopic (exact) mass is 198 g/mol. The standard InChI is InChI=1S/C14H30/c1-4-7-9-10-13-14(11-6-3)12-8-5-2/h14H,4-13H2,1-3H3. The molecular weight excluding hydrogens is 168 g/mol. The van der Waals surface area contributed by atoms with E-state index in [1.54, 1.807) is 0 Å². The van der Waals surface area contributed by atoms with Gasteiger partial charge in [0, 0.05) is 0 Å². The maximum absolute atomic E-state index is 2.32. The van der Waals surface area contributed by atoms with E-state index in [1.165, 1.54) is 64.2 Å². The van der Waals surface area contributed by atoms with Gasteiger partial charge in [-0.1, -0.05) is 85.0 Å². The highest BCUT2D eigenvalue weighted by Gasteiger charge is 2.06. The lowest BCUT2D eigenvalue weighted by molar-refractivity contribution is 0.384. The van der Waals surface area contributed by atoms with Gasteiger partial charge in [0.25, 0.3) is 0 Å². The Morgan fingerprint density at radius 1 is 0.571 bits per heavy atom. The smallest absolute Gasteiger partial charge is 0.0414 e. The molecular formula is C14H30. The van der Waals surface area contributed by atoms with Crippen molar-refractivity contribution in [2.24, 2.45) is 5.92 Å². The van der Waals surface area contributed by atoms with Crippen molar-refractivity contribution >= 4 is 0 Å². The van der Waals surface area contributed by atoms with Crippen molar-refractivity contribution in [3.05, 3.63) is 0 Å². The van der Waals surface area contributed by atoms with E-state index < -0.39 is 0 Å². The zero-order chi connectivity index (χ0) is 10.6. The van der Waals surface area contributed by atoms with E-state index in [-0.39, 0.29) is 0 Å². The van der Waals surface area contributed by atoms with Crippen molar-refractivity contribution in [3.63, 3.8) is 0 Å². The molecule has 0 amide bonds. The third kappa shape index (κ3) is 8.59. The van der Waals surface area contributed by atoms with Crippen LogP contribution in [0.25, 0.3) is 0 Å². The van der Waals surface area contributed by atoms with E-state index in [4.69, 9.17) is 0 Å². The summed E-state index contributed by atoms with van der Waals surface area (Å²) in [6, 6.07) is 0. The Morgan fingerprint density at radius 3 is 1.79 bits per heavy atom. The second-order valence-corrected chi connectivity index (χ2v) is 4.65. The number of unbranched alkanes of at least 4 members (excludes halogenated alkanes) is 4. The molecule has 0 rings (SSSR count). The predicted molar refractivity (Wildman–Crippen MR) is 66.7 cm³/mol. The van der Waals surface area contributed by atoms with Gasteiger partial charge in [0.1, 0.15) is 0 Å². The number of hydrogen-bond donors (Lipinski definition) is 0. The summed E-state index contributed by atoms with van der Waals surface area (Å²) in [6.45, 7) is 6.92. The van der Waals surface area contributed by atoms with Gasteiger partial charge in [-0.05, 0) is 5.92 Å². The molecule has 0 aliphatic carbocycles. The highest BCUT2D eigenvalue weighted by molar-refractivity contribution is 4.59. The van der Waals surface area contributed by atoms with E-state index >= 15 is 0 Å². The van der Waals surface area contributed by atoms with Crippen molar-refractivity contribution in [1.29, 1.82) is 0 Å². The molecule has 1 atom stereocenters. The van der Waals surface area contributed by atoms with Crippen LogP contribution in [-0.2, 0) is 0 Å². The average Bonchev–Trinajstić information content (AvgIpc) is 2.20. The zero-order valence-electron chi connectivity index (χ0n) is 10.6. The molecule has 0 aliphatic rings. The first kappa shape index (κ1) is 14.0. The van der Waals surface area contributed by atoms with Crippen molar-refractivity contribution in [2.45, 2.75) is 85.0 Å². The molecule has 1 unspecified atom stereocenters. The summed E-state index contributed by atoms with van der Waals surface area (Å²) in [6.07, 6.45) is 14.4. The highest BCUT2D eigenvalue weighted by Crippen LogP contribution is 2.21. The average molecular weight is 198 g/mol. The lowest BCUT2D eigenvalue weighted by Gasteiger charge is -2.15. The van der Waals surface area contributed by atoms with Crippen LogP contribution in [-0.4, -0.2) is 0 Å². The normalized spacial score (nSPS) is 13.1. The number of hydrogen-bond acceptors (Lipinski definition) is 0. The van der Waals surface area contributed by atoms with E-state index in [0.717, 1.165) is 5.92 Å². The summed E-state index contributed by atoms with van der Waals surface area (Å²) in [7, 11) is 0. The second-order valence-electron chi connectivity index (χ2n) is 4.65. The molecule has 0 nitrogen and oxygen atoms in total. The Morgan fingerprint density at radius 2 is 1.21 bits per heavy atom. The largest absolute Gasteiger partial charge is 0.0654 e. The summed E-state index contributed by atoms with van der Waals surface area (Å²) >= 11 is 0. The lowest BCUT2D eigenvalue weighted by atomic mass is 9.91. The molecule has 0 fully saturated rings. The van der Waals surface area contributed by atoms with Crippen molar-refractivity contribution in [1.82, 2.24) is 0 Å². The third-order valence-electron chi connectivity index (χ3n) is 3.13. The van der Waals surface area contributed by atoms with E-state index in [2.05, 4.69) is 20.8 Å². The van der Waals surface area contributed by atoms with Gasteiger partial charge >= 0.3 is 0 Å². The fraction of sp³-hybridized carbons (Fsp3) is 1.00. The molecule has 0 aromatic heterocycles. The lowest BCUT2D eigenvalue weighted by Crippen LogP contribution is -2.00. The van der Waals surface area contributed by atoms with Crippen LogP contribution in [0.15, 0.2) is 0 Å². The summed E-state index contributed by atoms with van der Waals surface area (Å²) in [4.78, 5) is 0. The molecule has 86 valence electrons. The SMILES string of the molecule is CCCCCCC(CCC)CCCC. The Kier molecular flexibility index (Phi) is 11.1. The minimum Gasteiger partial charge on any atom is -0.0654 e. The van der Waals surface area contributed by atoms with Crippen LogP contribution < -0.4 is 0 Å². The third-order valence-corrected chi connectivity index (χ3v) is 3.13. The molecule has 0 aromatic rings. The van der Waals surface area contributed by atoms with Crippen LogP contribution in [0.2, 0.25) is 0 Å². The first-order valence-corrected chi connectivity index (χ1v) is 6.85. The maximum Gasteiger partial charge on any atom is -0.0414 e. The maximum atomic E-state index is 2.32. The van der Waals surface area contributed by atoms with E-state index in [9.17, 15) is 0 Å². The zero-order valence-corrected chi connectivity index (χ0v) is 10.6. The fourth-order valence-corrected chi connectivity index (χ4v) is 2.19. The van der Waals surface area contributed by atoms with Gasteiger partial charge in [-0.3, -0.25) is 0 Å². The molecule has 0 N–H and O–H groups in total. The van der Waals surface area contributed by atoms with Crippen molar-refractivity contribution < 1.29 is 0 Å². The molecule has 0 heteroatoms. The van der Waals surface area contributed by atoms with Crippen LogP contribution in [0.5, 0.6) is 0 Å². The van der Waals surface area contributed by atoms with Gasteiger partial charge in [0.2, 0.25) is 0 Å². The minimum atomic E-state index is 1.04. The van der Waals surface area contributed by atoms with Gasteiger partial charge in [-0.2, -0.15) is 0 Å². The molecule has 0 saturated heterocycles. The van der Waals surface area contributed by atoms with Gasteiger partial charge in [0.05, 0.1) is 0 Å².